The van der Waals surface area contributed by atoms with E-state index in [1.165, 1.54) is 11.4 Å². The van der Waals surface area contributed by atoms with Gasteiger partial charge in [-0.2, -0.15) is 4.31 Å². The Morgan fingerprint density at radius 1 is 1.08 bits per heavy atom. The quantitative estimate of drug-likeness (QED) is 0.441. The van der Waals surface area contributed by atoms with Gasteiger partial charge in [0.2, 0.25) is 15.9 Å². The molecule has 10 nitrogen and oxygen atoms in total. The summed E-state index contributed by atoms with van der Waals surface area (Å²) in [6, 6.07) is 3.43. The SMILES string of the molecule is COc1cc(C)c(S(=O)(=O)N(C)CCOCC(=O)N2CCC(CN)(N3CCN(C)CC3)CC2)c(C)c1. The molecule has 2 aliphatic heterocycles. The fraction of sp³-hybridized carbons (Fsp3) is 0.720. The number of benzene rings is 1. The van der Waals surface area contributed by atoms with Gasteiger partial charge in [-0.3, -0.25) is 9.69 Å². The van der Waals surface area contributed by atoms with Crippen LogP contribution >= 0.6 is 0 Å². The summed E-state index contributed by atoms with van der Waals surface area (Å²) >= 11 is 0. The van der Waals surface area contributed by atoms with Crippen LogP contribution in [-0.4, -0.2) is 126 Å². The number of likely N-dealkylation sites (N-methyl/N-ethyl adjacent to an activating group) is 2. The first-order valence-corrected chi connectivity index (χ1v) is 14.1. The molecule has 0 unspecified atom stereocenters. The number of carbonyl (C=O) groups excluding carboxylic acids is 1. The average molecular weight is 526 g/mol. The van der Waals surface area contributed by atoms with Gasteiger partial charge in [0.15, 0.2) is 0 Å². The minimum atomic E-state index is -3.69. The monoisotopic (exact) mass is 525 g/mol. The highest BCUT2D eigenvalue weighted by Gasteiger charge is 2.40. The minimum Gasteiger partial charge on any atom is -0.497 e. The molecule has 0 radical (unpaired) electrons. The van der Waals surface area contributed by atoms with Gasteiger partial charge in [0.25, 0.3) is 0 Å². The number of piperazine rings is 1. The zero-order valence-electron chi connectivity index (χ0n) is 22.5. The molecule has 36 heavy (non-hydrogen) atoms. The predicted molar refractivity (Wildman–Crippen MR) is 140 cm³/mol. The number of hydrogen-bond acceptors (Lipinski definition) is 8. The Kier molecular flexibility index (Phi) is 9.75. The topological polar surface area (TPSA) is 109 Å². The van der Waals surface area contributed by atoms with E-state index < -0.39 is 10.0 Å². The van der Waals surface area contributed by atoms with Crippen molar-refractivity contribution >= 4 is 15.9 Å². The first-order valence-electron chi connectivity index (χ1n) is 12.6. The maximum absolute atomic E-state index is 13.1. The number of methoxy groups -OCH3 is 1. The van der Waals surface area contributed by atoms with Crippen molar-refractivity contribution in [3.63, 3.8) is 0 Å². The van der Waals surface area contributed by atoms with Crippen LogP contribution in [0.15, 0.2) is 17.0 Å². The predicted octanol–water partition coefficient (Wildman–Crippen LogP) is 0.516. The van der Waals surface area contributed by atoms with Crippen molar-refractivity contribution in [3.8, 4) is 5.75 Å². The van der Waals surface area contributed by atoms with Gasteiger partial charge in [-0.1, -0.05) is 0 Å². The molecule has 2 fully saturated rings. The summed E-state index contributed by atoms with van der Waals surface area (Å²) in [6.07, 6.45) is 1.72. The lowest BCUT2D eigenvalue weighted by Gasteiger charge is -2.50. The van der Waals surface area contributed by atoms with Crippen LogP contribution in [0.2, 0.25) is 0 Å². The van der Waals surface area contributed by atoms with Crippen LogP contribution in [0, 0.1) is 13.8 Å². The van der Waals surface area contributed by atoms with E-state index in [1.807, 2.05) is 4.90 Å². The first kappa shape index (κ1) is 28.8. The van der Waals surface area contributed by atoms with Crippen LogP contribution in [0.1, 0.15) is 24.0 Å². The number of nitrogens with two attached hydrogens (primary N) is 1. The molecule has 1 aromatic rings. The molecule has 0 spiro atoms. The molecule has 0 bridgehead atoms. The second-order valence-corrected chi connectivity index (χ2v) is 12.1. The number of likely N-dealkylation sites (tertiary alicyclic amines) is 1. The van der Waals surface area contributed by atoms with Crippen molar-refractivity contribution in [2.45, 2.75) is 37.1 Å². The van der Waals surface area contributed by atoms with E-state index in [4.69, 9.17) is 15.2 Å². The number of sulfonamides is 1. The molecule has 0 aliphatic carbocycles. The van der Waals surface area contributed by atoms with E-state index in [0.717, 1.165) is 39.0 Å². The van der Waals surface area contributed by atoms with Crippen LogP contribution in [0.25, 0.3) is 0 Å². The van der Waals surface area contributed by atoms with E-state index in [-0.39, 0.29) is 36.1 Å². The summed E-state index contributed by atoms with van der Waals surface area (Å²) in [6.45, 7) is 9.78. The van der Waals surface area contributed by atoms with Crippen molar-refractivity contribution in [1.29, 1.82) is 0 Å². The largest absolute Gasteiger partial charge is 0.497 e. The van der Waals surface area contributed by atoms with E-state index in [2.05, 4.69) is 16.8 Å². The standard InChI is InChI=1S/C25H43N5O5S/c1-20-16-22(34-5)17-21(2)24(20)36(32,33)28(4)14-15-35-18-23(31)29-8-6-25(19-26,7-9-29)30-12-10-27(3)11-13-30/h16-17H,6-15,18-19,26H2,1-5H3. The van der Waals surface area contributed by atoms with Gasteiger partial charge in [-0.25, -0.2) is 8.42 Å². The molecule has 1 amide bonds. The summed E-state index contributed by atoms with van der Waals surface area (Å²) in [4.78, 5) is 19.7. The molecule has 0 aromatic heterocycles. The second kappa shape index (κ2) is 12.2. The zero-order valence-corrected chi connectivity index (χ0v) is 23.3. The van der Waals surface area contributed by atoms with Crippen LogP contribution in [0.4, 0.5) is 0 Å². The fourth-order valence-electron chi connectivity index (χ4n) is 5.26. The number of rotatable bonds is 10. The van der Waals surface area contributed by atoms with Crippen molar-refractivity contribution in [2.75, 3.05) is 86.8 Å². The lowest BCUT2D eigenvalue weighted by Crippen LogP contribution is -2.63. The van der Waals surface area contributed by atoms with Gasteiger partial charge in [0.05, 0.1) is 18.6 Å². The fourth-order valence-corrected chi connectivity index (χ4v) is 6.82. The molecule has 3 rings (SSSR count). The lowest BCUT2D eigenvalue weighted by atomic mass is 9.85. The normalized spacial score (nSPS) is 19.6. The second-order valence-electron chi connectivity index (χ2n) is 10.1. The number of nitrogens with zero attached hydrogens (tertiary/aromatic N) is 4. The van der Waals surface area contributed by atoms with Crippen LogP contribution in [0.3, 0.4) is 0 Å². The summed E-state index contributed by atoms with van der Waals surface area (Å²) < 4.78 is 38.3. The number of ether oxygens (including phenoxy) is 2. The van der Waals surface area contributed by atoms with Crippen molar-refractivity contribution in [2.24, 2.45) is 5.73 Å². The maximum atomic E-state index is 13.1. The van der Waals surface area contributed by atoms with Crippen molar-refractivity contribution in [3.05, 3.63) is 23.3 Å². The van der Waals surface area contributed by atoms with E-state index >= 15 is 0 Å². The first-order chi connectivity index (χ1) is 17.0. The van der Waals surface area contributed by atoms with Crippen molar-refractivity contribution < 1.29 is 22.7 Å². The maximum Gasteiger partial charge on any atom is 0.248 e. The summed E-state index contributed by atoms with van der Waals surface area (Å²) in [7, 11) is 1.53. The Balaban J connectivity index is 1.46. The van der Waals surface area contributed by atoms with Crippen LogP contribution in [-0.2, 0) is 19.6 Å². The molecular weight excluding hydrogens is 482 g/mol. The lowest BCUT2D eigenvalue weighted by molar-refractivity contribution is -0.139. The molecule has 2 heterocycles. The summed E-state index contributed by atoms with van der Waals surface area (Å²) in [5, 5.41) is 0. The van der Waals surface area contributed by atoms with Crippen LogP contribution in [0.5, 0.6) is 5.75 Å². The van der Waals surface area contributed by atoms with E-state index in [1.54, 1.807) is 33.1 Å². The molecule has 2 saturated heterocycles. The number of amides is 1. The van der Waals surface area contributed by atoms with E-state index in [0.29, 0.717) is 36.5 Å². The van der Waals surface area contributed by atoms with Crippen LogP contribution < -0.4 is 10.5 Å². The molecule has 2 aliphatic rings. The minimum absolute atomic E-state index is 0.0340. The molecule has 1 aromatic carbocycles. The number of aryl methyl sites for hydroxylation is 2. The zero-order chi connectivity index (χ0) is 26.5. The molecular formula is C25H43N5O5S. The number of carbonyl (C=O) groups is 1. The Labute approximate surface area is 216 Å². The number of piperidine rings is 1. The summed E-state index contributed by atoms with van der Waals surface area (Å²) in [5.41, 5.74) is 7.44. The molecule has 204 valence electrons. The third kappa shape index (κ3) is 6.38. The molecule has 2 N–H and O–H groups in total. The molecule has 0 atom stereocenters. The highest BCUT2D eigenvalue weighted by molar-refractivity contribution is 7.89. The third-order valence-electron chi connectivity index (χ3n) is 7.71. The van der Waals surface area contributed by atoms with Gasteiger partial charge in [-0.05, 0) is 57.0 Å². The summed E-state index contributed by atoms with van der Waals surface area (Å²) in [5.74, 6) is 0.560. The third-order valence-corrected chi connectivity index (χ3v) is 9.88. The average Bonchev–Trinajstić information content (AvgIpc) is 2.86. The van der Waals surface area contributed by atoms with Gasteiger partial charge < -0.3 is 25.0 Å². The van der Waals surface area contributed by atoms with Gasteiger partial charge >= 0.3 is 0 Å². The highest BCUT2D eigenvalue weighted by atomic mass is 32.2. The Morgan fingerprint density at radius 3 is 2.19 bits per heavy atom. The Hall–Kier alpha value is -1.76. The van der Waals surface area contributed by atoms with Gasteiger partial charge in [-0.15, -0.1) is 0 Å². The highest BCUT2D eigenvalue weighted by Crippen LogP contribution is 2.30. The van der Waals surface area contributed by atoms with Gasteiger partial charge in [0.1, 0.15) is 12.4 Å². The Bertz CT molecular complexity index is 979. The van der Waals surface area contributed by atoms with Crippen molar-refractivity contribution in [1.82, 2.24) is 19.0 Å². The Morgan fingerprint density at radius 2 is 1.67 bits per heavy atom. The smallest absolute Gasteiger partial charge is 0.248 e. The number of hydrogen-bond donors (Lipinski definition) is 1. The molecule has 0 saturated carbocycles. The van der Waals surface area contributed by atoms with E-state index in [9.17, 15) is 13.2 Å². The molecule has 11 heteroatoms. The van der Waals surface area contributed by atoms with Gasteiger partial charge in [0, 0.05) is 64.9 Å².